The van der Waals surface area contributed by atoms with Crippen LogP contribution in [0.2, 0.25) is 0 Å². The van der Waals surface area contributed by atoms with Crippen molar-refractivity contribution in [3.63, 3.8) is 0 Å². The molecule has 0 bridgehead atoms. The molecule has 0 radical (unpaired) electrons. The third kappa shape index (κ3) is 1050. The molecular formula is H12NNaO8P-. The maximum absolute atomic E-state index is 8.55. The fraction of sp³-hybridized carbons (Fsp3) is 0. The second kappa shape index (κ2) is 22.4. The third-order valence-corrected chi connectivity index (χ3v) is 0. The molecule has 0 aromatic carbocycles. The molecule has 0 aliphatic heterocycles. The Kier molecular flexibility index (Phi) is 120. The van der Waals surface area contributed by atoms with Crippen LogP contribution in [0.1, 0.15) is 0 Å². The zero-order valence-corrected chi connectivity index (χ0v) is 8.97. The maximum Gasteiger partial charge on any atom is 1.00 e. The molecule has 0 rings (SSSR count). The van der Waals surface area contributed by atoms with Gasteiger partial charge in [0.1, 0.15) is 0 Å². The van der Waals surface area contributed by atoms with Crippen molar-refractivity contribution in [1.82, 2.24) is 6.15 Å². The Labute approximate surface area is 84.8 Å². The number of hydrogen-bond donors (Lipinski definition) is 1. The van der Waals surface area contributed by atoms with Crippen molar-refractivity contribution in [2.45, 2.75) is 0 Å². The Hall–Kier alpha value is 0.910. The quantitative estimate of drug-likeness (QED) is 0.300. The molecule has 0 aromatic rings. The van der Waals surface area contributed by atoms with Crippen molar-refractivity contribution >= 4 is 7.82 Å². The summed E-state index contributed by atoms with van der Waals surface area (Å²) in [7, 11) is -5.39. The molecule has 0 aliphatic carbocycles. The zero-order valence-electron chi connectivity index (χ0n) is 6.08. The molecular weight excluding hydrogens is 196 g/mol. The van der Waals surface area contributed by atoms with E-state index in [1.807, 2.05) is 0 Å². The predicted molar refractivity (Wildman–Crippen MR) is 28.0 cm³/mol. The topological polar surface area (TPSA) is 249 Å². The molecule has 11 heteroatoms. The van der Waals surface area contributed by atoms with Crippen LogP contribution in [0.15, 0.2) is 0 Å². The molecule has 11 heavy (non-hydrogen) atoms. The Morgan fingerprint density at radius 1 is 0.818 bits per heavy atom. The summed E-state index contributed by atoms with van der Waals surface area (Å²) in [6.45, 7) is 0. The van der Waals surface area contributed by atoms with E-state index >= 15 is 0 Å². The van der Waals surface area contributed by atoms with Crippen LogP contribution in [-0.2, 0) is 4.57 Å². The Balaban J connectivity index is -0.00000000533. The van der Waals surface area contributed by atoms with Gasteiger partial charge < -0.3 is 47.3 Å². The molecule has 72 valence electrons. The van der Waals surface area contributed by atoms with E-state index < -0.39 is 7.82 Å². The smallest absolute Gasteiger partial charge is 0.822 e. The minimum atomic E-state index is -5.39. The van der Waals surface area contributed by atoms with Crippen molar-refractivity contribution in [3.8, 4) is 0 Å². The normalized spacial score (nSPS) is 5.36. The monoisotopic (exact) mass is 208 g/mol. The van der Waals surface area contributed by atoms with Crippen LogP contribution in [0.3, 0.4) is 0 Å². The van der Waals surface area contributed by atoms with Gasteiger partial charge in [0.05, 0.1) is 0 Å². The van der Waals surface area contributed by atoms with E-state index in [2.05, 4.69) is 0 Å². The van der Waals surface area contributed by atoms with E-state index in [4.69, 9.17) is 19.2 Å². The van der Waals surface area contributed by atoms with Crippen LogP contribution < -0.4 is 50.4 Å². The number of quaternary nitrogens is 1. The van der Waals surface area contributed by atoms with Gasteiger partial charge in [0.25, 0.3) is 0 Å². The summed E-state index contributed by atoms with van der Waals surface area (Å²) < 4.78 is 8.55. The van der Waals surface area contributed by atoms with E-state index in [-0.39, 0.29) is 57.6 Å². The van der Waals surface area contributed by atoms with E-state index in [0.717, 1.165) is 0 Å². The Morgan fingerprint density at radius 2 is 0.818 bits per heavy atom. The van der Waals surface area contributed by atoms with Crippen LogP contribution in [-0.4, -0.2) is 21.9 Å². The van der Waals surface area contributed by atoms with Gasteiger partial charge in [-0.1, -0.05) is 0 Å². The van der Waals surface area contributed by atoms with Crippen LogP contribution in [0.5, 0.6) is 0 Å². The first kappa shape index (κ1) is 58.8. The number of phosphoric acid groups is 1. The van der Waals surface area contributed by atoms with Crippen LogP contribution >= 0.6 is 7.82 Å². The largest absolute Gasteiger partial charge is 1.00 e. The first-order chi connectivity index (χ1) is 2.00. The molecule has 0 fully saturated rings. The van der Waals surface area contributed by atoms with Crippen molar-refractivity contribution in [3.05, 3.63) is 0 Å². The molecule has 9 nitrogen and oxygen atoms in total. The standard InChI is InChI=1S/H3N.Na.H3O4P.4H2O/c;;1-5(2,3)4;;;;/h1H3;;(H3,1,2,3,4);4*1H2/q;+1;;;;;/p-2. The first-order valence-corrected chi connectivity index (χ1v) is 2.19. The SMILES string of the molecule is O.O.O.O.O=P([O-])([O-])[O-].[NH4+].[Na+]. The fourth-order valence-electron chi connectivity index (χ4n) is 0. The minimum absolute atomic E-state index is 0. The zero-order chi connectivity index (χ0) is 4.50. The van der Waals surface area contributed by atoms with E-state index in [0.29, 0.717) is 0 Å². The number of rotatable bonds is 0. The molecule has 0 saturated heterocycles. The average Bonchev–Trinajstić information content (AvgIpc) is 0.722. The van der Waals surface area contributed by atoms with E-state index in [1.165, 1.54) is 0 Å². The van der Waals surface area contributed by atoms with Crippen LogP contribution in [0, 0.1) is 0 Å². The van der Waals surface area contributed by atoms with Crippen molar-refractivity contribution in [2.75, 3.05) is 0 Å². The van der Waals surface area contributed by atoms with Gasteiger partial charge >= 0.3 is 29.6 Å². The molecule has 0 unspecified atom stereocenters. The van der Waals surface area contributed by atoms with Crippen LogP contribution in [0.25, 0.3) is 0 Å². The van der Waals surface area contributed by atoms with E-state index in [1.54, 1.807) is 0 Å². The molecule has 0 amide bonds. The molecule has 12 N–H and O–H groups in total. The second-order valence-corrected chi connectivity index (χ2v) is 1.34. The van der Waals surface area contributed by atoms with E-state index in [9.17, 15) is 0 Å². The second-order valence-electron chi connectivity index (χ2n) is 0.447. The summed E-state index contributed by atoms with van der Waals surface area (Å²) in [5.41, 5.74) is 0. The van der Waals surface area contributed by atoms with Gasteiger partial charge in [-0.25, -0.2) is 0 Å². The van der Waals surface area contributed by atoms with Crippen molar-refractivity contribution in [1.29, 1.82) is 0 Å². The minimum Gasteiger partial charge on any atom is -0.822 e. The van der Waals surface area contributed by atoms with Gasteiger partial charge in [-0.05, 0) is 0 Å². The third-order valence-electron chi connectivity index (χ3n) is 0. The summed E-state index contributed by atoms with van der Waals surface area (Å²) in [4.78, 5) is 25.6. The maximum atomic E-state index is 8.55. The van der Waals surface area contributed by atoms with Gasteiger partial charge in [-0.15, -0.1) is 0 Å². The summed E-state index contributed by atoms with van der Waals surface area (Å²) in [5, 5.41) is 0. The first-order valence-electron chi connectivity index (χ1n) is 0.730. The van der Waals surface area contributed by atoms with Gasteiger partial charge in [-0.2, -0.15) is 7.82 Å². The molecule has 0 atom stereocenters. The molecule has 0 heterocycles. The van der Waals surface area contributed by atoms with Gasteiger partial charge in [0.2, 0.25) is 0 Å². The number of hydrogen-bond acceptors (Lipinski definition) is 4. The van der Waals surface area contributed by atoms with Gasteiger partial charge in [-0.3, -0.25) is 0 Å². The van der Waals surface area contributed by atoms with Crippen LogP contribution in [0.4, 0.5) is 0 Å². The summed E-state index contributed by atoms with van der Waals surface area (Å²) >= 11 is 0. The summed E-state index contributed by atoms with van der Waals surface area (Å²) in [5.74, 6) is 0. The molecule has 0 aliphatic rings. The average molecular weight is 208 g/mol. The Morgan fingerprint density at radius 3 is 0.818 bits per heavy atom. The summed E-state index contributed by atoms with van der Waals surface area (Å²) in [6, 6.07) is 0. The predicted octanol–water partition coefficient (Wildman–Crippen LogP) is -8.74. The Bertz CT molecular complexity index is 60.2. The van der Waals surface area contributed by atoms with Gasteiger partial charge in [0.15, 0.2) is 0 Å². The summed E-state index contributed by atoms with van der Waals surface area (Å²) in [6.07, 6.45) is 0. The molecule has 0 saturated carbocycles. The fourth-order valence-corrected chi connectivity index (χ4v) is 0. The van der Waals surface area contributed by atoms with Crippen molar-refractivity contribution in [2.24, 2.45) is 0 Å². The van der Waals surface area contributed by atoms with Gasteiger partial charge in [0, 0.05) is 0 Å². The molecule has 0 spiro atoms. The van der Waals surface area contributed by atoms with Crippen molar-refractivity contribution < 1.29 is 70.7 Å². The molecule has 0 aromatic heterocycles.